The molecule has 0 spiro atoms. The normalized spacial score (nSPS) is 17.2. The Balaban J connectivity index is 1.86. The predicted molar refractivity (Wildman–Crippen MR) is 88.8 cm³/mol. The minimum absolute atomic E-state index is 0.212. The van der Waals surface area contributed by atoms with Crippen molar-refractivity contribution in [3.8, 4) is 23.1 Å². The van der Waals surface area contributed by atoms with Crippen LogP contribution in [0.5, 0.6) is 11.9 Å². The van der Waals surface area contributed by atoms with Gasteiger partial charge in [-0.1, -0.05) is 0 Å². The van der Waals surface area contributed by atoms with Gasteiger partial charge in [0.2, 0.25) is 5.88 Å². The van der Waals surface area contributed by atoms with Crippen LogP contribution in [0.15, 0.2) is 24.7 Å². The number of anilines is 1. The van der Waals surface area contributed by atoms with Gasteiger partial charge in [-0.2, -0.15) is 10.1 Å². The number of fused-ring (bicyclic) bond motifs is 1. The molecule has 4 rings (SSSR count). The van der Waals surface area contributed by atoms with Crippen LogP contribution in [0.4, 0.5) is 10.1 Å². The highest BCUT2D eigenvalue weighted by Gasteiger charge is 2.25. The number of halogens is 1. The molecule has 1 fully saturated rings. The Kier molecular flexibility index (Phi) is 3.83. The van der Waals surface area contributed by atoms with E-state index in [1.54, 1.807) is 23.1 Å². The maximum absolute atomic E-state index is 13.7. The molecule has 0 amide bonds. The Labute approximate surface area is 143 Å². The first-order valence-corrected chi connectivity index (χ1v) is 7.88. The summed E-state index contributed by atoms with van der Waals surface area (Å²) in [5.41, 5.74) is 2.75. The van der Waals surface area contributed by atoms with E-state index in [0.29, 0.717) is 42.3 Å². The molecule has 0 bridgehead atoms. The molecule has 1 aliphatic heterocycles. The Morgan fingerprint density at radius 3 is 2.84 bits per heavy atom. The fourth-order valence-corrected chi connectivity index (χ4v) is 2.98. The van der Waals surface area contributed by atoms with E-state index >= 15 is 0 Å². The van der Waals surface area contributed by atoms with Gasteiger partial charge < -0.3 is 14.4 Å². The van der Waals surface area contributed by atoms with Gasteiger partial charge in [0.05, 0.1) is 25.5 Å². The summed E-state index contributed by atoms with van der Waals surface area (Å²) in [6, 6.07) is 2.08. The third-order valence-corrected chi connectivity index (χ3v) is 4.19. The Hall–Kier alpha value is -2.97. The molecule has 0 aliphatic carbocycles. The van der Waals surface area contributed by atoms with Gasteiger partial charge in [0.15, 0.2) is 5.65 Å². The zero-order valence-electron chi connectivity index (χ0n) is 13.9. The van der Waals surface area contributed by atoms with Gasteiger partial charge >= 0.3 is 6.01 Å². The zero-order chi connectivity index (χ0) is 17.4. The number of imidazole rings is 1. The summed E-state index contributed by atoms with van der Waals surface area (Å²) in [4.78, 5) is 14.7. The van der Waals surface area contributed by atoms with Gasteiger partial charge in [0, 0.05) is 31.7 Å². The maximum Gasteiger partial charge on any atom is 0.319 e. The van der Waals surface area contributed by atoms with Gasteiger partial charge in [0.25, 0.3) is 0 Å². The van der Waals surface area contributed by atoms with Crippen molar-refractivity contribution >= 4 is 11.3 Å². The summed E-state index contributed by atoms with van der Waals surface area (Å²) in [6.45, 7) is 0.992. The second-order valence-corrected chi connectivity index (χ2v) is 5.72. The van der Waals surface area contributed by atoms with E-state index in [0.717, 1.165) is 5.69 Å². The molecule has 4 heterocycles. The largest absolute Gasteiger partial charge is 0.480 e. The number of ether oxygens (including phenoxy) is 2. The van der Waals surface area contributed by atoms with Crippen molar-refractivity contribution in [3.05, 3.63) is 24.7 Å². The van der Waals surface area contributed by atoms with Crippen LogP contribution in [-0.4, -0.2) is 58.0 Å². The van der Waals surface area contributed by atoms with Crippen LogP contribution in [-0.2, 0) is 0 Å². The average molecular weight is 344 g/mol. The van der Waals surface area contributed by atoms with E-state index in [1.807, 2.05) is 11.0 Å². The first-order valence-electron chi connectivity index (χ1n) is 7.88. The van der Waals surface area contributed by atoms with E-state index < -0.39 is 6.17 Å². The molecule has 1 aliphatic rings. The summed E-state index contributed by atoms with van der Waals surface area (Å²) >= 11 is 0. The second-order valence-electron chi connectivity index (χ2n) is 5.72. The minimum atomic E-state index is -0.828. The topological polar surface area (TPSA) is 77.7 Å². The van der Waals surface area contributed by atoms with Crippen LogP contribution < -0.4 is 14.4 Å². The van der Waals surface area contributed by atoms with Crippen molar-refractivity contribution in [1.82, 2.24) is 24.6 Å². The molecule has 1 atom stereocenters. The Morgan fingerprint density at radius 2 is 2.12 bits per heavy atom. The van der Waals surface area contributed by atoms with E-state index in [-0.39, 0.29) is 6.01 Å². The summed E-state index contributed by atoms with van der Waals surface area (Å²) in [5, 5.41) is 4.55. The molecule has 0 aromatic carbocycles. The lowest BCUT2D eigenvalue weighted by atomic mass is 10.2. The van der Waals surface area contributed by atoms with Crippen molar-refractivity contribution in [2.75, 3.05) is 32.2 Å². The van der Waals surface area contributed by atoms with Crippen molar-refractivity contribution in [1.29, 1.82) is 0 Å². The summed E-state index contributed by atoms with van der Waals surface area (Å²) in [5.74, 6) is 0.356. The molecule has 25 heavy (non-hydrogen) atoms. The van der Waals surface area contributed by atoms with E-state index in [1.165, 1.54) is 14.2 Å². The van der Waals surface area contributed by atoms with Crippen molar-refractivity contribution in [2.24, 2.45) is 0 Å². The predicted octanol–water partition coefficient (Wildman–Crippen LogP) is 1.75. The van der Waals surface area contributed by atoms with Crippen LogP contribution in [0.2, 0.25) is 0 Å². The molecule has 1 unspecified atom stereocenters. The van der Waals surface area contributed by atoms with Gasteiger partial charge in [-0.05, 0) is 12.5 Å². The van der Waals surface area contributed by atoms with Crippen LogP contribution in [0, 0.1) is 0 Å². The van der Waals surface area contributed by atoms with E-state index in [4.69, 9.17) is 9.47 Å². The number of aromatic nitrogens is 5. The first kappa shape index (κ1) is 15.6. The Morgan fingerprint density at radius 1 is 1.24 bits per heavy atom. The molecule has 1 saturated heterocycles. The molecule has 130 valence electrons. The minimum Gasteiger partial charge on any atom is -0.480 e. The lowest BCUT2D eigenvalue weighted by molar-refractivity contribution is 0.353. The number of hydrogen-bond acceptors (Lipinski definition) is 7. The third kappa shape index (κ3) is 2.71. The summed E-state index contributed by atoms with van der Waals surface area (Å²) in [6.07, 6.45) is 4.70. The highest BCUT2D eigenvalue weighted by Crippen LogP contribution is 2.32. The lowest BCUT2D eigenvalue weighted by Gasteiger charge is -2.19. The van der Waals surface area contributed by atoms with E-state index in [2.05, 4.69) is 20.1 Å². The second kappa shape index (κ2) is 6.15. The number of alkyl halides is 1. The maximum atomic E-state index is 13.7. The first-order chi connectivity index (χ1) is 12.2. The number of nitrogens with zero attached hydrogens (tertiary/aromatic N) is 6. The van der Waals surface area contributed by atoms with Crippen molar-refractivity contribution in [3.63, 3.8) is 0 Å². The number of hydrogen-bond donors (Lipinski definition) is 0. The monoisotopic (exact) mass is 344 g/mol. The molecule has 9 heteroatoms. The van der Waals surface area contributed by atoms with Gasteiger partial charge in [0.1, 0.15) is 11.9 Å². The van der Waals surface area contributed by atoms with Crippen molar-refractivity contribution < 1.29 is 13.9 Å². The molecule has 0 saturated carbocycles. The van der Waals surface area contributed by atoms with Crippen LogP contribution in [0.3, 0.4) is 0 Å². The molecule has 0 radical (unpaired) electrons. The van der Waals surface area contributed by atoms with Crippen LogP contribution >= 0.6 is 0 Å². The SMILES string of the molecule is COc1ncc(-c2cc(N3CCC(F)C3)c3nccn3n2)c(OC)n1. The Bertz CT molecular complexity index is 915. The molecular formula is C16H17FN6O2. The zero-order valence-corrected chi connectivity index (χ0v) is 13.9. The van der Waals surface area contributed by atoms with Crippen molar-refractivity contribution in [2.45, 2.75) is 12.6 Å². The smallest absolute Gasteiger partial charge is 0.319 e. The quantitative estimate of drug-likeness (QED) is 0.713. The highest BCUT2D eigenvalue weighted by atomic mass is 19.1. The highest BCUT2D eigenvalue weighted by molar-refractivity contribution is 5.76. The fraction of sp³-hybridized carbons (Fsp3) is 0.375. The lowest BCUT2D eigenvalue weighted by Crippen LogP contribution is -2.21. The molecule has 8 nitrogen and oxygen atoms in total. The average Bonchev–Trinajstić information content (AvgIpc) is 3.28. The molecule has 3 aromatic heterocycles. The standard InChI is InChI=1S/C16H17FN6O2/c1-24-15-11(8-19-16(20-15)25-2)12-7-13(22-5-3-10(17)9-22)14-18-4-6-23(14)21-12/h4,6-8,10H,3,5,9H2,1-2H3. The number of methoxy groups -OCH3 is 2. The van der Waals surface area contributed by atoms with Gasteiger partial charge in [-0.15, -0.1) is 0 Å². The summed E-state index contributed by atoms with van der Waals surface area (Å²) < 4.78 is 25.7. The molecular weight excluding hydrogens is 327 g/mol. The summed E-state index contributed by atoms with van der Waals surface area (Å²) in [7, 11) is 3.01. The van der Waals surface area contributed by atoms with Crippen LogP contribution in [0.25, 0.3) is 16.9 Å². The van der Waals surface area contributed by atoms with Crippen LogP contribution in [0.1, 0.15) is 6.42 Å². The van der Waals surface area contributed by atoms with Gasteiger partial charge in [-0.25, -0.2) is 18.9 Å². The van der Waals surface area contributed by atoms with E-state index in [9.17, 15) is 4.39 Å². The third-order valence-electron chi connectivity index (χ3n) is 4.19. The molecule has 3 aromatic rings. The van der Waals surface area contributed by atoms with Gasteiger partial charge in [-0.3, -0.25) is 0 Å². The number of rotatable bonds is 4. The fourth-order valence-electron chi connectivity index (χ4n) is 2.98. The molecule has 0 N–H and O–H groups in total.